The van der Waals surface area contributed by atoms with Crippen LogP contribution < -0.4 is 29.6 Å². The Bertz CT molecular complexity index is 104. The SMILES string of the molecule is CC1(C)COB(O)OC1.[H-].[Na+]. The summed E-state index contributed by atoms with van der Waals surface area (Å²) in [5.41, 5.74) is 0.0548. The molecule has 0 bridgehead atoms. The van der Waals surface area contributed by atoms with Crippen LogP contribution in [0.1, 0.15) is 15.3 Å². The van der Waals surface area contributed by atoms with Gasteiger partial charge in [0.1, 0.15) is 0 Å². The molecular weight excluding hydrogens is 142 g/mol. The van der Waals surface area contributed by atoms with Gasteiger partial charge in [-0.15, -0.1) is 0 Å². The van der Waals surface area contributed by atoms with E-state index < -0.39 is 7.32 Å². The zero-order valence-electron chi connectivity index (χ0n) is 7.76. The third-order valence-corrected chi connectivity index (χ3v) is 1.23. The Morgan fingerprint density at radius 1 is 1.40 bits per heavy atom. The molecule has 1 rings (SSSR count). The third-order valence-electron chi connectivity index (χ3n) is 1.23. The average molecular weight is 154 g/mol. The van der Waals surface area contributed by atoms with E-state index in [1.165, 1.54) is 0 Å². The molecule has 0 radical (unpaired) electrons. The summed E-state index contributed by atoms with van der Waals surface area (Å²) in [7, 11) is -1.00. The van der Waals surface area contributed by atoms with Gasteiger partial charge in [0, 0.05) is 18.6 Å². The van der Waals surface area contributed by atoms with Gasteiger partial charge in [0.25, 0.3) is 0 Å². The first-order chi connectivity index (χ1) is 4.10. The largest absolute Gasteiger partial charge is 1.00 e. The minimum atomic E-state index is -1.00. The Labute approximate surface area is 85.0 Å². The summed E-state index contributed by atoms with van der Waals surface area (Å²) in [6.07, 6.45) is 0. The van der Waals surface area contributed by atoms with Crippen molar-refractivity contribution in [3.05, 3.63) is 0 Å². The van der Waals surface area contributed by atoms with Crippen LogP contribution in [0.25, 0.3) is 0 Å². The topological polar surface area (TPSA) is 38.7 Å². The van der Waals surface area contributed by atoms with E-state index in [9.17, 15) is 0 Å². The van der Waals surface area contributed by atoms with Crippen LogP contribution in [-0.2, 0) is 9.31 Å². The van der Waals surface area contributed by atoms with Gasteiger partial charge in [0.05, 0.1) is 0 Å². The van der Waals surface area contributed by atoms with E-state index in [4.69, 9.17) is 14.3 Å². The first-order valence-corrected chi connectivity index (χ1v) is 3.01. The summed E-state index contributed by atoms with van der Waals surface area (Å²) in [6.45, 7) is 5.18. The molecule has 1 saturated heterocycles. The summed E-state index contributed by atoms with van der Waals surface area (Å²) >= 11 is 0. The Morgan fingerprint density at radius 3 is 2.10 bits per heavy atom. The van der Waals surface area contributed by atoms with Crippen molar-refractivity contribution in [2.24, 2.45) is 5.41 Å². The summed E-state index contributed by atoms with van der Waals surface area (Å²) in [6, 6.07) is 0. The van der Waals surface area contributed by atoms with E-state index in [2.05, 4.69) is 0 Å². The van der Waals surface area contributed by atoms with Gasteiger partial charge in [-0.3, -0.25) is 0 Å². The molecule has 0 aromatic rings. The Balaban J connectivity index is 0. The van der Waals surface area contributed by atoms with Gasteiger partial charge in [0.15, 0.2) is 0 Å². The molecule has 54 valence electrons. The second-order valence-corrected chi connectivity index (χ2v) is 3.09. The number of hydrogen-bond donors (Lipinski definition) is 1. The van der Waals surface area contributed by atoms with E-state index in [-0.39, 0.29) is 36.4 Å². The van der Waals surface area contributed by atoms with Crippen LogP contribution in [-0.4, -0.2) is 25.6 Å². The molecule has 0 aliphatic carbocycles. The van der Waals surface area contributed by atoms with Crippen molar-refractivity contribution >= 4 is 7.32 Å². The maximum atomic E-state index is 8.70. The summed E-state index contributed by atoms with van der Waals surface area (Å²) in [5.74, 6) is 0. The Kier molecular flexibility index (Phi) is 4.48. The fourth-order valence-electron chi connectivity index (χ4n) is 0.684. The van der Waals surface area contributed by atoms with Gasteiger partial charge in [0.2, 0.25) is 0 Å². The first-order valence-electron chi connectivity index (χ1n) is 3.01. The van der Waals surface area contributed by atoms with Crippen LogP contribution in [0.2, 0.25) is 0 Å². The summed E-state index contributed by atoms with van der Waals surface area (Å²) in [5, 5.41) is 8.70. The first kappa shape index (κ1) is 10.9. The quantitative estimate of drug-likeness (QED) is 0.382. The molecule has 0 aromatic heterocycles. The van der Waals surface area contributed by atoms with Crippen molar-refractivity contribution in [3.8, 4) is 0 Å². The molecule has 5 heteroatoms. The number of hydrogen-bond acceptors (Lipinski definition) is 3. The van der Waals surface area contributed by atoms with Crippen molar-refractivity contribution in [2.45, 2.75) is 13.8 Å². The van der Waals surface area contributed by atoms with E-state index in [1.807, 2.05) is 13.8 Å². The standard InChI is InChI=1S/C5H11BO3.Na.H/c1-5(2)3-8-6(7)9-4-5;;/h7H,3-4H2,1-2H3;;/q;+1;-1. The van der Waals surface area contributed by atoms with Gasteiger partial charge >= 0.3 is 36.9 Å². The fourth-order valence-corrected chi connectivity index (χ4v) is 0.684. The molecule has 1 fully saturated rings. The van der Waals surface area contributed by atoms with Gasteiger partial charge in [-0.1, -0.05) is 13.8 Å². The van der Waals surface area contributed by atoms with Crippen molar-refractivity contribution in [3.63, 3.8) is 0 Å². The molecule has 1 aliphatic heterocycles. The predicted molar refractivity (Wildman–Crippen MR) is 34.8 cm³/mol. The van der Waals surface area contributed by atoms with Crippen LogP contribution >= 0.6 is 0 Å². The Morgan fingerprint density at radius 2 is 1.80 bits per heavy atom. The van der Waals surface area contributed by atoms with Gasteiger partial charge in [-0.2, -0.15) is 0 Å². The molecular formula is C5H12BNaO3. The maximum absolute atomic E-state index is 8.70. The summed E-state index contributed by atoms with van der Waals surface area (Å²) in [4.78, 5) is 0. The smallest absolute Gasteiger partial charge is 1.00 e. The van der Waals surface area contributed by atoms with E-state index in [1.54, 1.807) is 0 Å². The molecule has 0 amide bonds. The van der Waals surface area contributed by atoms with E-state index in [0.717, 1.165) is 0 Å². The third kappa shape index (κ3) is 3.37. The summed E-state index contributed by atoms with van der Waals surface area (Å²) < 4.78 is 9.65. The van der Waals surface area contributed by atoms with Crippen LogP contribution in [0.4, 0.5) is 0 Å². The molecule has 0 atom stereocenters. The van der Waals surface area contributed by atoms with E-state index in [0.29, 0.717) is 13.2 Å². The molecule has 1 aliphatic rings. The molecule has 0 saturated carbocycles. The second kappa shape index (κ2) is 4.09. The van der Waals surface area contributed by atoms with Crippen molar-refractivity contribution in [1.29, 1.82) is 0 Å². The molecule has 0 spiro atoms. The predicted octanol–water partition coefficient (Wildman–Crippen LogP) is -2.85. The normalized spacial score (nSPS) is 23.7. The van der Waals surface area contributed by atoms with Crippen LogP contribution in [0.3, 0.4) is 0 Å². The average Bonchev–Trinajstić information content (AvgIpc) is 1.78. The van der Waals surface area contributed by atoms with Gasteiger partial charge in [-0.25, -0.2) is 0 Å². The molecule has 0 unspecified atom stereocenters. The molecule has 0 aromatic carbocycles. The minimum Gasteiger partial charge on any atom is -1.00 e. The van der Waals surface area contributed by atoms with Crippen LogP contribution in [0.15, 0.2) is 0 Å². The monoisotopic (exact) mass is 154 g/mol. The number of rotatable bonds is 0. The van der Waals surface area contributed by atoms with Crippen LogP contribution in [0, 0.1) is 5.41 Å². The minimum absolute atomic E-state index is 0. The molecule has 1 N–H and O–H groups in total. The molecule has 3 nitrogen and oxygen atoms in total. The Hall–Kier alpha value is 0.945. The zero-order valence-corrected chi connectivity index (χ0v) is 8.76. The van der Waals surface area contributed by atoms with Crippen molar-refractivity contribution in [2.75, 3.05) is 13.2 Å². The van der Waals surface area contributed by atoms with E-state index >= 15 is 0 Å². The van der Waals surface area contributed by atoms with Crippen molar-refractivity contribution < 1.29 is 45.3 Å². The van der Waals surface area contributed by atoms with Gasteiger partial charge < -0.3 is 15.8 Å². The maximum Gasteiger partial charge on any atom is 1.00 e. The molecule has 10 heavy (non-hydrogen) atoms. The fraction of sp³-hybridized carbons (Fsp3) is 1.00. The van der Waals surface area contributed by atoms with Crippen LogP contribution in [0.5, 0.6) is 0 Å². The second-order valence-electron chi connectivity index (χ2n) is 3.09. The molecule has 1 heterocycles. The van der Waals surface area contributed by atoms with Gasteiger partial charge in [-0.05, 0) is 0 Å². The van der Waals surface area contributed by atoms with Crippen molar-refractivity contribution in [1.82, 2.24) is 0 Å². The zero-order chi connectivity index (χ0) is 6.91.